The van der Waals surface area contributed by atoms with E-state index in [1.807, 2.05) is 19.1 Å². The van der Waals surface area contributed by atoms with E-state index < -0.39 is 28.3 Å². The van der Waals surface area contributed by atoms with Crippen LogP contribution in [0.4, 0.5) is 15.8 Å². The number of carbonyl (C=O) groups is 1. The first-order chi connectivity index (χ1) is 13.8. The Bertz CT molecular complexity index is 1130. The summed E-state index contributed by atoms with van der Waals surface area (Å²) in [5, 5.41) is 2.56. The quantitative estimate of drug-likeness (QED) is 0.657. The SMILES string of the molecule is Cc1ccc(C)c(N(CC(=O)Nc2cccc(F)c2)S(=O)(=O)c2ccccc2)c1. The highest BCUT2D eigenvalue weighted by atomic mass is 32.2. The van der Waals surface area contributed by atoms with E-state index in [4.69, 9.17) is 0 Å². The van der Waals surface area contributed by atoms with Crippen LogP contribution in [0.25, 0.3) is 0 Å². The summed E-state index contributed by atoms with van der Waals surface area (Å²) in [5.41, 5.74) is 2.26. The fraction of sp³-hybridized carbons (Fsp3) is 0.136. The first-order valence-corrected chi connectivity index (χ1v) is 10.4. The van der Waals surface area contributed by atoms with E-state index in [1.165, 1.54) is 36.4 Å². The van der Waals surface area contributed by atoms with Crippen molar-refractivity contribution < 1.29 is 17.6 Å². The zero-order valence-electron chi connectivity index (χ0n) is 16.1. The molecule has 0 saturated heterocycles. The third-order valence-electron chi connectivity index (χ3n) is 4.36. The Morgan fingerprint density at radius 1 is 0.966 bits per heavy atom. The minimum absolute atomic E-state index is 0.0828. The molecule has 150 valence electrons. The molecule has 0 aliphatic carbocycles. The zero-order chi connectivity index (χ0) is 21.0. The number of sulfonamides is 1. The van der Waals surface area contributed by atoms with Gasteiger partial charge in [0, 0.05) is 5.69 Å². The summed E-state index contributed by atoms with van der Waals surface area (Å²) in [6, 6.07) is 18.8. The lowest BCUT2D eigenvalue weighted by Crippen LogP contribution is -2.38. The van der Waals surface area contributed by atoms with Crippen LogP contribution in [0.15, 0.2) is 77.7 Å². The number of carbonyl (C=O) groups excluding carboxylic acids is 1. The van der Waals surface area contributed by atoms with E-state index >= 15 is 0 Å². The van der Waals surface area contributed by atoms with Gasteiger partial charge in [0.25, 0.3) is 10.0 Å². The molecule has 0 aliphatic rings. The van der Waals surface area contributed by atoms with Crippen molar-refractivity contribution in [2.24, 2.45) is 0 Å². The van der Waals surface area contributed by atoms with E-state index in [0.29, 0.717) is 11.3 Å². The summed E-state index contributed by atoms with van der Waals surface area (Å²) < 4.78 is 41.1. The van der Waals surface area contributed by atoms with E-state index in [2.05, 4.69) is 5.32 Å². The average Bonchev–Trinajstić information content (AvgIpc) is 2.69. The highest BCUT2D eigenvalue weighted by Gasteiger charge is 2.28. The number of hydrogen-bond donors (Lipinski definition) is 1. The van der Waals surface area contributed by atoms with Crippen molar-refractivity contribution in [1.29, 1.82) is 0 Å². The Kier molecular flexibility index (Phi) is 5.98. The summed E-state index contributed by atoms with van der Waals surface area (Å²) in [5.74, 6) is -1.07. The molecule has 0 aromatic heterocycles. The fourth-order valence-electron chi connectivity index (χ4n) is 2.90. The van der Waals surface area contributed by atoms with Crippen LogP contribution < -0.4 is 9.62 Å². The van der Waals surface area contributed by atoms with E-state index in [9.17, 15) is 17.6 Å². The molecule has 0 bridgehead atoms. The lowest BCUT2D eigenvalue weighted by Gasteiger charge is -2.26. The molecule has 29 heavy (non-hydrogen) atoms. The first kappa shape index (κ1) is 20.5. The van der Waals surface area contributed by atoms with Crippen molar-refractivity contribution >= 4 is 27.3 Å². The third-order valence-corrected chi connectivity index (χ3v) is 6.13. The second-order valence-corrected chi connectivity index (χ2v) is 8.54. The van der Waals surface area contributed by atoms with Crippen molar-refractivity contribution in [2.75, 3.05) is 16.2 Å². The van der Waals surface area contributed by atoms with E-state index in [0.717, 1.165) is 9.87 Å². The van der Waals surface area contributed by atoms with Crippen molar-refractivity contribution in [3.05, 3.63) is 89.7 Å². The number of anilines is 2. The molecule has 3 aromatic carbocycles. The van der Waals surface area contributed by atoms with Gasteiger partial charge in [0.1, 0.15) is 12.4 Å². The monoisotopic (exact) mass is 412 g/mol. The molecule has 0 heterocycles. The van der Waals surface area contributed by atoms with Gasteiger partial charge in [-0.2, -0.15) is 0 Å². The average molecular weight is 412 g/mol. The predicted octanol–water partition coefficient (Wildman–Crippen LogP) is 4.28. The van der Waals surface area contributed by atoms with E-state index in [-0.39, 0.29) is 10.6 Å². The maximum atomic E-state index is 13.4. The molecule has 3 aromatic rings. The molecular formula is C22H21FN2O3S. The highest BCUT2D eigenvalue weighted by molar-refractivity contribution is 7.92. The van der Waals surface area contributed by atoms with Crippen LogP contribution in [-0.4, -0.2) is 20.9 Å². The van der Waals surface area contributed by atoms with Gasteiger partial charge in [0.05, 0.1) is 10.6 Å². The number of amides is 1. The van der Waals surface area contributed by atoms with Gasteiger partial charge in [-0.3, -0.25) is 9.10 Å². The van der Waals surface area contributed by atoms with Crippen LogP contribution in [0.2, 0.25) is 0 Å². The molecule has 0 fully saturated rings. The maximum absolute atomic E-state index is 13.4. The molecular weight excluding hydrogens is 391 g/mol. The van der Waals surface area contributed by atoms with Crippen molar-refractivity contribution in [3.63, 3.8) is 0 Å². The summed E-state index contributed by atoms with van der Waals surface area (Å²) in [6.07, 6.45) is 0. The molecule has 0 atom stereocenters. The van der Waals surface area contributed by atoms with Crippen molar-refractivity contribution in [3.8, 4) is 0 Å². The predicted molar refractivity (Wildman–Crippen MR) is 112 cm³/mol. The van der Waals surface area contributed by atoms with Crippen LogP contribution >= 0.6 is 0 Å². The number of hydrogen-bond acceptors (Lipinski definition) is 3. The molecule has 0 unspecified atom stereocenters. The molecule has 0 aliphatic heterocycles. The number of benzene rings is 3. The molecule has 0 saturated carbocycles. The van der Waals surface area contributed by atoms with Gasteiger partial charge in [0.15, 0.2) is 0 Å². The minimum atomic E-state index is -3.99. The standard InChI is InChI=1S/C22H21FN2O3S/c1-16-11-12-17(2)21(13-16)25(29(27,28)20-9-4-3-5-10-20)15-22(26)24-19-8-6-7-18(23)14-19/h3-14H,15H2,1-2H3,(H,24,26). The first-order valence-electron chi connectivity index (χ1n) is 8.98. The Morgan fingerprint density at radius 2 is 1.69 bits per heavy atom. The van der Waals surface area contributed by atoms with Gasteiger partial charge in [-0.05, 0) is 61.4 Å². The Hall–Kier alpha value is -3.19. The van der Waals surface area contributed by atoms with Gasteiger partial charge < -0.3 is 5.32 Å². The van der Waals surface area contributed by atoms with Crippen LogP contribution in [0, 0.1) is 19.7 Å². The lowest BCUT2D eigenvalue weighted by molar-refractivity contribution is -0.114. The summed E-state index contributed by atoms with van der Waals surface area (Å²) in [7, 11) is -3.99. The smallest absolute Gasteiger partial charge is 0.264 e. The second kappa shape index (κ2) is 8.45. The number of aryl methyl sites for hydroxylation is 2. The Morgan fingerprint density at radius 3 is 2.38 bits per heavy atom. The zero-order valence-corrected chi connectivity index (χ0v) is 16.9. The molecule has 1 amide bonds. The van der Waals surface area contributed by atoms with Gasteiger partial charge >= 0.3 is 0 Å². The van der Waals surface area contributed by atoms with Crippen LogP contribution in [0.1, 0.15) is 11.1 Å². The van der Waals surface area contributed by atoms with Crippen LogP contribution in [0.5, 0.6) is 0 Å². The number of halogens is 1. The fourth-order valence-corrected chi connectivity index (χ4v) is 4.40. The normalized spacial score (nSPS) is 11.1. The van der Waals surface area contributed by atoms with Crippen LogP contribution in [-0.2, 0) is 14.8 Å². The summed E-state index contributed by atoms with van der Waals surface area (Å²) in [6.45, 7) is 3.19. The molecule has 5 nitrogen and oxygen atoms in total. The van der Waals surface area contributed by atoms with Crippen LogP contribution in [0.3, 0.4) is 0 Å². The largest absolute Gasteiger partial charge is 0.324 e. The van der Waals surface area contributed by atoms with Gasteiger partial charge in [-0.1, -0.05) is 36.4 Å². The summed E-state index contributed by atoms with van der Waals surface area (Å²) >= 11 is 0. The number of nitrogens with one attached hydrogen (secondary N) is 1. The molecule has 0 radical (unpaired) electrons. The topological polar surface area (TPSA) is 66.5 Å². The van der Waals surface area contributed by atoms with Gasteiger partial charge in [-0.25, -0.2) is 12.8 Å². The molecule has 7 heteroatoms. The minimum Gasteiger partial charge on any atom is -0.324 e. The summed E-state index contributed by atoms with van der Waals surface area (Å²) in [4.78, 5) is 12.7. The third kappa shape index (κ3) is 4.81. The van der Waals surface area contributed by atoms with E-state index in [1.54, 1.807) is 31.2 Å². The molecule has 3 rings (SSSR count). The number of rotatable bonds is 6. The lowest BCUT2D eigenvalue weighted by atomic mass is 10.1. The molecule has 1 N–H and O–H groups in total. The molecule has 0 spiro atoms. The number of nitrogens with zero attached hydrogens (tertiary/aromatic N) is 1. The highest BCUT2D eigenvalue weighted by Crippen LogP contribution is 2.28. The Labute approximate surface area is 169 Å². The second-order valence-electron chi connectivity index (χ2n) is 6.67. The van der Waals surface area contributed by atoms with Gasteiger partial charge in [0.2, 0.25) is 5.91 Å². The van der Waals surface area contributed by atoms with Crippen molar-refractivity contribution in [1.82, 2.24) is 0 Å². The maximum Gasteiger partial charge on any atom is 0.264 e. The Balaban J connectivity index is 1.99. The van der Waals surface area contributed by atoms with Crippen molar-refractivity contribution in [2.45, 2.75) is 18.7 Å². The van der Waals surface area contributed by atoms with Gasteiger partial charge in [-0.15, -0.1) is 0 Å².